The van der Waals surface area contributed by atoms with Crippen molar-refractivity contribution in [3.05, 3.63) is 139 Å². The summed E-state index contributed by atoms with van der Waals surface area (Å²) in [5.74, 6) is 0. The Morgan fingerprint density at radius 2 is 1.13 bits per heavy atom. The van der Waals surface area contributed by atoms with Crippen LogP contribution < -0.4 is 15.9 Å². The maximum Gasteiger partial charge on any atom is 0.100 e. The van der Waals surface area contributed by atoms with Gasteiger partial charge in [-0.05, 0) is 66.5 Å². The van der Waals surface area contributed by atoms with E-state index >= 15 is 0 Å². The molecule has 192 valence electrons. The minimum atomic E-state index is -1.23. The third kappa shape index (κ3) is 5.38. The standard InChI is InChI=1S/C34H34NOPS/c1-34(2,3)38(36)35(4)33(30-24-15-17-26-16-11-12-22-29(26)30)31-23-13-14-25-32(31)37(27-18-7-5-8-19-27)28-20-9-6-10-21-28/h5-25,33H,1-4H3/t33-,38?/m0/s1. The number of hydrogen-bond donors (Lipinski definition) is 0. The third-order valence-corrected chi connectivity index (χ3v) is 11.1. The summed E-state index contributed by atoms with van der Waals surface area (Å²) in [6.07, 6.45) is 0. The molecule has 5 aromatic rings. The van der Waals surface area contributed by atoms with Crippen molar-refractivity contribution in [2.45, 2.75) is 31.6 Å². The quantitative estimate of drug-likeness (QED) is 0.204. The molecule has 0 heterocycles. The van der Waals surface area contributed by atoms with Gasteiger partial charge < -0.3 is 0 Å². The molecular weight excluding hydrogens is 501 g/mol. The first kappa shape index (κ1) is 26.5. The van der Waals surface area contributed by atoms with E-state index < -0.39 is 23.7 Å². The lowest BCUT2D eigenvalue weighted by Gasteiger charge is -2.35. The Balaban J connectivity index is 1.79. The molecule has 2 nitrogen and oxygen atoms in total. The molecule has 0 saturated carbocycles. The highest BCUT2D eigenvalue weighted by molar-refractivity contribution is 7.84. The normalized spacial score (nSPS) is 13.6. The zero-order valence-electron chi connectivity index (χ0n) is 22.4. The molecule has 5 aromatic carbocycles. The lowest BCUT2D eigenvalue weighted by molar-refractivity contribution is 0.443. The molecule has 0 bridgehead atoms. The van der Waals surface area contributed by atoms with E-state index in [-0.39, 0.29) is 6.04 Å². The predicted octanol–water partition coefficient (Wildman–Crippen LogP) is 7.08. The van der Waals surface area contributed by atoms with Crippen LogP contribution in [0.2, 0.25) is 0 Å². The summed E-state index contributed by atoms with van der Waals surface area (Å²) in [7, 11) is -0.0448. The Labute approximate surface area is 230 Å². The molecule has 0 amide bonds. The first-order valence-electron chi connectivity index (χ1n) is 13.0. The van der Waals surface area contributed by atoms with Crippen LogP contribution in [0.15, 0.2) is 127 Å². The van der Waals surface area contributed by atoms with Crippen molar-refractivity contribution in [1.82, 2.24) is 4.31 Å². The average Bonchev–Trinajstić information content (AvgIpc) is 2.94. The molecule has 0 fully saturated rings. The molecule has 2 atom stereocenters. The van der Waals surface area contributed by atoms with Gasteiger partial charge in [-0.25, -0.2) is 8.51 Å². The fourth-order valence-electron chi connectivity index (χ4n) is 5.08. The summed E-state index contributed by atoms with van der Waals surface area (Å²) in [5.41, 5.74) is 2.37. The van der Waals surface area contributed by atoms with Gasteiger partial charge in [0.2, 0.25) is 0 Å². The van der Waals surface area contributed by atoms with Crippen LogP contribution in [0.25, 0.3) is 10.8 Å². The maximum absolute atomic E-state index is 14.0. The summed E-state index contributed by atoms with van der Waals surface area (Å²) < 4.78 is 15.6. The second-order valence-electron chi connectivity index (χ2n) is 10.4. The van der Waals surface area contributed by atoms with Crippen LogP contribution in [-0.2, 0) is 11.0 Å². The summed E-state index contributed by atoms with van der Waals surface area (Å²) in [6.45, 7) is 6.14. The van der Waals surface area contributed by atoms with Crippen molar-refractivity contribution in [1.29, 1.82) is 0 Å². The molecule has 4 heteroatoms. The molecular formula is C34H34NOPS. The largest absolute Gasteiger partial charge is 0.242 e. The SMILES string of the molecule is CN([C@H](c1ccccc1P(c1ccccc1)c1ccccc1)c1cccc2ccccc12)S(=O)C(C)(C)C. The van der Waals surface area contributed by atoms with Gasteiger partial charge in [-0.2, -0.15) is 0 Å². The van der Waals surface area contributed by atoms with Crippen LogP contribution in [-0.4, -0.2) is 20.3 Å². The van der Waals surface area contributed by atoms with Crippen molar-refractivity contribution in [3.63, 3.8) is 0 Å². The van der Waals surface area contributed by atoms with Crippen LogP contribution >= 0.6 is 7.92 Å². The fourth-order valence-corrected chi connectivity index (χ4v) is 8.85. The van der Waals surface area contributed by atoms with E-state index in [0.717, 1.165) is 0 Å². The van der Waals surface area contributed by atoms with Gasteiger partial charge in [0.05, 0.1) is 10.8 Å². The van der Waals surface area contributed by atoms with Gasteiger partial charge in [0.1, 0.15) is 11.0 Å². The van der Waals surface area contributed by atoms with E-state index in [1.165, 1.54) is 37.8 Å². The second-order valence-corrected chi connectivity index (χ2v) is 14.9. The molecule has 0 saturated heterocycles. The Hall–Kier alpha value is -3.10. The molecule has 0 spiro atoms. The van der Waals surface area contributed by atoms with E-state index in [2.05, 4.69) is 132 Å². The number of benzene rings is 5. The lowest BCUT2D eigenvalue weighted by atomic mass is 9.94. The average molecular weight is 536 g/mol. The van der Waals surface area contributed by atoms with Gasteiger partial charge in [0, 0.05) is 7.05 Å². The molecule has 1 unspecified atom stereocenters. The molecule has 0 N–H and O–H groups in total. The van der Waals surface area contributed by atoms with Crippen molar-refractivity contribution in [2.75, 3.05) is 7.05 Å². The molecule has 0 aromatic heterocycles. The third-order valence-electron chi connectivity index (χ3n) is 6.77. The summed E-state index contributed by atoms with van der Waals surface area (Å²) in [5, 5.41) is 6.28. The van der Waals surface area contributed by atoms with E-state index in [1.807, 2.05) is 27.8 Å². The number of fused-ring (bicyclic) bond motifs is 1. The minimum absolute atomic E-state index is 0.185. The summed E-state index contributed by atoms with van der Waals surface area (Å²) >= 11 is 0. The van der Waals surface area contributed by atoms with E-state index in [0.29, 0.717) is 0 Å². The summed E-state index contributed by atoms with van der Waals surface area (Å²) in [6, 6.07) is 45.2. The maximum atomic E-state index is 14.0. The zero-order chi connectivity index (χ0) is 26.7. The zero-order valence-corrected chi connectivity index (χ0v) is 24.1. The van der Waals surface area contributed by atoms with E-state index in [4.69, 9.17) is 0 Å². The number of rotatable bonds is 7. The predicted molar refractivity (Wildman–Crippen MR) is 167 cm³/mol. The van der Waals surface area contributed by atoms with Crippen molar-refractivity contribution >= 4 is 45.6 Å². The first-order chi connectivity index (χ1) is 18.4. The number of hydrogen-bond acceptors (Lipinski definition) is 1. The molecule has 0 aliphatic carbocycles. The van der Waals surface area contributed by atoms with Crippen molar-refractivity contribution < 1.29 is 4.21 Å². The van der Waals surface area contributed by atoms with Gasteiger partial charge in [0.25, 0.3) is 0 Å². The Bertz CT molecular complexity index is 1500. The molecule has 5 rings (SSSR count). The van der Waals surface area contributed by atoms with Gasteiger partial charge in [0.15, 0.2) is 0 Å². The lowest BCUT2D eigenvalue weighted by Crippen LogP contribution is -2.39. The van der Waals surface area contributed by atoms with E-state index in [9.17, 15) is 4.21 Å². The van der Waals surface area contributed by atoms with Crippen LogP contribution in [0.1, 0.15) is 37.9 Å². The topological polar surface area (TPSA) is 20.3 Å². The first-order valence-corrected chi connectivity index (χ1v) is 15.4. The number of nitrogens with zero attached hydrogens (tertiary/aromatic N) is 1. The summed E-state index contributed by atoms with van der Waals surface area (Å²) in [4.78, 5) is 0. The van der Waals surface area contributed by atoms with Crippen LogP contribution in [0.5, 0.6) is 0 Å². The van der Waals surface area contributed by atoms with Crippen LogP contribution in [0, 0.1) is 0 Å². The molecule has 0 aliphatic heterocycles. The molecule has 0 aliphatic rings. The minimum Gasteiger partial charge on any atom is -0.242 e. The van der Waals surface area contributed by atoms with Crippen molar-refractivity contribution in [3.8, 4) is 0 Å². The monoisotopic (exact) mass is 535 g/mol. The highest BCUT2D eigenvalue weighted by atomic mass is 32.2. The van der Waals surface area contributed by atoms with Crippen LogP contribution in [0.3, 0.4) is 0 Å². The Morgan fingerprint density at radius 3 is 1.76 bits per heavy atom. The van der Waals surface area contributed by atoms with Crippen molar-refractivity contribution in [2.24, 2.45) is 0 Å². The van der Waals surface area contributed by atoms with E-state index in [1.54, 1.807) is 0 Å². The van der Waals surface area contributed by atoms with Gasteiger partial charge >= 0.3 is 0 Å². The van der Waals surface area contributed by atoms with Gasteiger partial charge in [-0.15, -0.1) is 0 Å². The highest BCUT2D eigenvalue weighted by Crippen LogP contribution is 2.41. The van der Waals surface area contributed by atoms with Gasteiger partial charge in [-0.1, -0.05) is 127 Å². The Kier molecular flexibility index (Phi) is 7.91. The molecule has 38 heavy (non-hydrogen) atoms. The smallest absolute Gasteiger partial charge is 0.100 e. The molecule has 0 radical (unpaired) electrons. The van der Waals surface area contributed by atoms with Crippen LogP contribution in [0.4, 0.5) is 0 Å². The second kappa shape index (κ2) is 11.3. The highest BCUT2D eigenvalue weighted by Gasteiger charge is 2.34. The Morgan fingerprint density at radius 1 is 0.632 bits per heavy atom. The van der Waals surface area contributed by atoms with Gasteiger partial charge in [-0.3, -0.25) is 0 Å². The fraction of sp³-hybridized carbons (Fsp3) is 0.176.